The second kappa shape index (κ2) is 8.46. The Bertz CT molecular complexity index is 710. The molecule has 4 rings (SSSR count). The predicted octanol–water partition coefficient (Wildman–Crippen LogP) is 3.32. The summed E-state index contributed by atoms with van der Waals surface area (Å²) in [6.07, 6.45) is 17.1. The molecule has 5 nitrogen and oxygen atoms in total. The van der Waals surface area contributed by atoms with E-state index in [1.165, 1.54) is 12.8 Å². The minimum Gasteiger partial charge on any atom is -0.353 e. The fraction of sp³-hybridized carbons (Fsp3) is 0.619. The first-order valence-electron chi connectivity index (χ1n) is 10.3. The molecule has 1 atom stereocenters. The minimum absolute atomic E-state index is 0.0928. The quantitative estimate of drug-likeness (QED) is 0.731. The lowest BCUT2D eigenvalue weighted by Gasteiger charge is -2.29. The molecular weight excluding hydrogens is 356 g/mol. The number of amides is 1. The van der Waals surface area contributed by atoms with Gasteiger partial charge in [-0.05, 0) is 62.7 Å². The van der Waals surface area contributed by atoms with Crippen molar-refractivity contribution in [3.63, 3.8) is 0 Å². The van der Waals surface area contributed by atoms with Crippen molar-refractivity contribution in [3.05, 3.63) is 24.3 Å². The zero-order valence-corrected chi connectivity index (χ0v) is 16.5. The Balaban J connectivity index is 1.28. The molecule has 0 aromatic carbocycles. The van der Waals surface area contributed by atoms with Gasteiger partial charge in [-0.15, -0.1) is 0 Å². The smallest absolute Gasteiger partial charge is 0.223 e. The SMILES string of the molecule is O=C(NC1CCCC1)C1CCC(CN=C2NC(=S)N=C3C=CC=CC32)CC1. The number of hydrogen-bond acceptors (Lipinski definition) is 3. The Kier molecular flexibility index (Phi) is 5.81. The average molecular weight is 385 g/mol. The van der Waals surface area contributed by atoms with E-state index in [4.69, 9.17) is 17.2 Å². The Morgan fingerprint density at radius 1 is 1.19 bits per heavy atom. The molecule has 0 saturated heterocycles. The molecule has 0 radical (unpaired) electrons. The van der Waals surface area contributed by atoms with Crippen LogP contribution in [0.3, 0.4) is 0 Å². The molecule has 1 amide bonds. The molecule has 1 aliphatic heterocycles. The first-order valence-corrected chi connectivity index (χ1v) is 10.7. The number of carbonyl (C=O) groups is 1. The van der Waals surface area contributed by atoms with Gasteiger partial charge >= 0.3 is 0 Å². The third-order valence-electron chi connectivity index (χ3n) is 6.20. The molecule has 1 heterocycles. The summed E-state index contributed by atoms with van der Waals surface area (Å²) in [7, 11) is 0. The molecule has 2 fully saturated rings. The highest BCUT2D eigenvalue weighted by Gasteiger charge is 2.29. The summed E-state index contributed by atoms with van der Waals surface area (Å²) in [4.78, 5) is 21.7. The van der Waals surface area contributed by atoms with E-state index in [0.717, 1.165) is 56.6 Å². The fourth-order valence-electron chi connectivity index (χ4n) is 4.56. The lowest BCUT2D eigenvalue weighted by molar-refractivity contribution is -0.126. The van der Waals surface area contributed by atoms with E-state index < -0.39 is 0 Å². The molecule has 27 heavy (non-hydrogen) atoms. The van der Waals surface area contributed by atoms with Gasteiger partial charge in [0.15, 0.2) is 5.11 Å². The van der Waals surface area contributed by atoms with Gasteiger partial charge in [-0.2, -0.15) is 0 Å². The van der Waals surface area contributed by atoms with Gasteiger partial charge in [0, 0.05) is 18.5 Å². The maximum absolute atomic E-state index is 12.5. The number of hydrogen-bond donors (Lipinski definition) is 2. The van der Waals surface area contributed by atoms with Gasteiger partial charge in [-0.25, -0.2) is 4.99 Å². The molecule has 0 spiro atoms. The second-order valence-corrected chi connectivity index (χ2v) is 8.51. The number of carbonyl (C=O) groups excluding carboxylic acids is 1. The second-order valence-electron chi connectivity index (χ2n) is 8.12. The van der Waals surface area contributed by atoms with E-state index in [0.29, 0.717) is 17.1 Å². The van der Waals surface area contributed by atoms with Crippen LogP contribution in [0.25, 0.3) is 0 Å². The van der Waals surface area contributed by atoms with Crippen molar-refractivity contribution in [3.8, 4) is 0 Å². The average Bonchev–Trinajstić information content (AvgIpc) is 3.19. The molecule has 0 bridgehead atoms. The first kappa shape index (κ1) is 18.5. The number of rotatable bonds is 4. The molecule has 2 N–H and O–H groups in total. The lowest BCUT2D eigenvalue weighted by atomic mass is 9.81. The summed E-state index contributed by atoms with van der Waals surface area (Å²) in [5.41, 5.74) is 0.965. The number of aliphatic imine (C=N–C) groups is 2. The Labute approximate surface area is 166 Å². The highest BCUT2D eigenvalue weighted by Crippen LogP contribution is 2.30. The van der Waals surface area contributed by atoms with Crippen molar-refractivity contribution < 1.29 is 4.79 Å². The van der Waals surface area contributed by atoms with Gasteiger partial charge in [0.1, 0.15) is 5.84 Å². The maximum Gasteiger partial charge on any atom is 0.223 e. The zero-order valence-electron chi connectivity index (χ0n) is 15.7. The van der Waals surface area contributed by atoms with Crippen molar-refractivity contribution in [1.29, 1.82) is 0 Å². The predicted molar refractivity (Wildman–Crippen MR) is 113 cm³/mol. The van der Waals surface area contributed by atoms with Crippen molar-refractivity contribution in [2.45, 2.75) is 57.4 Å². The van der Waals surface area contributed by atoms with E-state index in [2.05, 4.69) is 21.7 Å². The molecule has 1 unspecified atom stereocenters. The molecule has 144 valence electrons. The highest BCUT2D eigenvalue weighted by atomic mass is 32.1. The van der Waals surface area contributed by atoms with Crippen LogP contribution in [-0.2, 0) is 4.79 Å². The molecule has 6 heteroatoms. The van der Waals surface area contributed by atoms with Gasteiger partial charge in [-0.3, -0.25) is 9.79 Å². The van der Waals surface area contributed by atoms with E-state index in [9.17, 15) is 4.79 Å². The summed E-state index contributed by atoms with van der Waals surface area (Å²) < 4.78 is 0. The van der Waals surface area contributed by atoms with Crippen molar-refractivity contribution in [1.82, 2.24) is 10.6 Å². The maximum atomic E-state index is 12.5. The number of allylic oxidation sites excluding steroid dienone is 3. The highest BCUT2D eigenvalue weighted by molar-refractivity contribution is 7.80. The van der Waals surface area contributed by atoms with E-state index >= 15 is 0 Å². The van der Waals surface area contributed by atoms with Crippen molar-refractivity contribution >= 4 is 34.8 Å². The molecule has 2 saturated carbocycles. The van der Waals surface area contributed by atoms with E-state index in [1.54, 1.807) is 0 Å². The Hall–Kier alpha value is -1.82. The minimum atomic E-state index is 0.0928. The largest absolute Gasteiger partial charge is 0.353 e. The van der Waals surface area contributed by atoms with Crippen LogP contribution in [-0.4, -0.2) is 35.2 Å². The van der Waals surface area contributed by atoms with Crippen molar-refractivity contribution in [2.24, 2.45) is 27.7 Å². The first-order chi connectivity index (χ1) is 13.2. The van der Waals surface area contributed by atoms with Crippen LogP contribution < -0.4 is 10.6 Å². The third kappa shape index (κ3) is 4.54. The summed E-state index contributed by atoms with van der Waals surface area (Å²) >= 11 is 5.24. The normalized spacial score (nSPS) is 32.1. The van der Waals surface area contributed by atoms with Crippen LogP contribution in [0.15, 0.2) is 34.3 Å². The van der Waals surface area contributed by atoms with E-state index in [1.807, 2.05) is 18.2 Å². The standard InChI is InChI=1S/C21H28N4OS/c26-20(23-16-5-1-2-6-16)15-11-9-14(10-12-15)13-22-19-17-7-3-4-8-18(17)24-21(27)25-19/h3-4,7-8,14-17H,1-2,5-6,9-13H2,(H,23,26)(H,22,25,27). The van der Waals surface area contributed by atoms with Crippen LogP contribution in [0.5, 0.6) is 0 Å². The summed E-state index contributed by atoms with van der Waals surface area (Å²) in [5, 5.41) is 6.93. The van der Waals surface area contributed by atoms with Gasteiger partial charge in [0.05, 0.1) is 11.6 Å². The Morgan fingerprint density at radius 3 is 2.74 bits per heavy atom. The number of amidine groups is 1. The molecule has 0 aromatic heterocycles. The summed E-state index contributed by atoms with van der Waals surface area (Å²) in [6.45, 7) is 0.795. The van der Waals surface area contributed by atoms with Crippen LogP contribution in [0.4, 0.5) is 0 Å². The monoisotopic (exact) mass is 384 g/mol. The van der Waals surface area contributed by atoms with Gasteiger partial charge in [-0.1, -0.05) is 31.1 Å². The number of thiocarbonyl (C=S) groups is 1. The lowest BCUT2D eigenvalue weighted by Crippen LogP contribution is -2.42. The molecular formula is C21H28N4OS. The van der Waals surface area contributed by atoms with Crippen LogP contribution in [0, 0.1) is 17.8 Å². The molecule has 4 aliphatic rings. The van der Waals surface area contributed by atoms with Crippen LogP contribution >= 0.6 is 12.2 Å². The summed E-state index contributed by atoms with van der Waals surface area (Å²) in [6, 6.07) is 0.427. The van der Waals surface area contributed by atoms with Crippen LogP contribution in [0.2, 0.25) is 0 Å². The number of fused-ring (bicyclic) bond motifs is 1. The summed E-state index contributed by atoms with van der Waals surface area (Å²) in [5.74, 6) is 2.03. The van der Waals surface area contributed by atoms with Gasteiger partial charge in [0.2, 0.25) is 5.91 Å². The topological polar surface area (TPSA) is 65.8 Å². The van der Waals surface area contributed by atoms with Crippen molar-refractivity contribution in [2.75, 3.05) is 6.54 Å². The Morgan fingerprint density at radius 2 is 1.96 bits per heavy atom. The van der Waals surface area contributed by atoms with E-state index in [-0.39, 0.29) is 17.7 Å². The molecule has 0 aromatic rings. The van der Waals surface area contributed by atoms with Crippen LogP contribution in [0.1, 0.15) is 51.4 Å². The fourth-order valence-corrected chi connectivity index (χ4v) is 4.77. The number of nitrogens with zero attached hydrogens (tertiary/aromatic N) is 2. The zero-order chi connectivity index (χ0) is 18.6. The van der Waals surface area contributed by atoms with Gasteiger partial charge < -0.3 is 10.6 Å². The third-order valence-corrected chi connectivity index (χ3v) is 6.39. The number of nitrogens with one attached hydrogen (secondary N) is 2. The molecule has 3 aliphatic carbocycles. The van der Waals surface area contributed by atoms with Gasteiger partial charge in [0.25, 0.3) is 0 Å².